The van der Waals surface area contributed by atoms with Crippen molar-refractivity contribution in [2.24, 2.45) is 10.9 Å². The lowest BCUT2D eigenvalue weighted by molar-refractivity contribution is 0.273. The smallest absolute Gasteiger partial charge is 0.193 e. The molecule has 23 heavy (non-hydrogen) atoms. The van der Waals surface area contributed by atoms with Crippen molar-refractivity contribution in [1.29, 1.82) is 0 Å². The number of nitrogens with one attached hydrogen (secondary N) is 1. The highest BCUT2D eigenvalue weighted by Crippen LogP contribution is 2.18. The van der Waals surface area contributed by atoms with E-state index in [4.69, 9.17) is 9.73 Å². The number of piperidine rings is 1. The number of methoxy groups -OCH3 is 1. The van der Waals surface area contributed by atoms with Gasteiger partial charge in [-0.15, -0.1) is 24.0 Å². The number of hydrogen-bond donors (Lipinski definition) is 1. The van der Waals surface area contributed by atoms with Crippen LogP contribution in [-0.4, -0.2) is 44.1 Å². The highest BCUT2D eigenvalue weighted by atomic mass is 127. The molecule has 1 fully saturated rings. The summed E-state index contributed by atoms with van der Waals surface area (Å²) >= 11 is 0. The number of nitrogens with zero attached hydrogens (tertiary/aromatic N) is 2. The summed E-state index contributed by atoms with van der Waals surface area (Å²) in [6, 6.07) is 8.18. The van der Waals surface area contributed by atoms with Gasteiger partial charge >= 0.3 is 0 Å². The fourth-order valence-corrected chi connectivity index (χ4v) is 2.84. The number of likely N-dealkylation sites (tertiary alicyclic amines) is 1. The fraction of sp³-hybridized carbons (Fsp3) is 0.611. The van der Waals surface area contributed by atoms with Gasteiger partial charge in [-0.3, -0.25) is 4.99 Å². The van der Waals surface area contributed by atoms with Crippen molar-refractivity contribution in [2.45, 2.75) is 33.1 Å². The minimum Gasteiger partial charge on any atom is -0.496 e. The Hall–Kier alpha value is -0.980. The van der Waals surface area contributed by atoms with Gasteiger partial charge in [0.25, 0.3) is 0 Å². The van der Waals surface area contributed by atoms with Crippen molar-refractivity contribution >= 4 is 29.9 Å². The van der Waals surface area contributed by atoms with E-state index in [1.807, 2.05) is 12.1 Å². The van der Waals surface area contributed by atoms with E-state index in [9.17, 15) is 0 Å². The largest absolute Gasteiger partial charge is 0.496 e. The molecule has 1 N–H and O–H groups in total. The predicted molar refractivity (Wildman–Crippen MR) is 108 cm³/mol. The lowest BCUT2D eigenvalue weighted by Gasteiger charge is -2.33. The van der Waals surface area contributed by atoms with Gasteiger partial charge in [-0.1, -0.05) is 25.1 Å². The zero-order valence-corrected chi connectivity index (χ0v) is 16.9. The average Bonchev–Trinajstić information content (AvgIpc) is 2.55. The normalized spacial score (nSPS) is 16.0. The van der Waals surface area contributed by atoms with E-state index in [-0.39, 0.29) is 24.0 Å². The van der Waals surface area contributed by atoms with Gasteiger partial charge in [0.05, 0.1) is 7.11 Å². The molecule has 130 valence electrons. The van der Waals surface area contributed by atoms with Crippen molar-refractivity contribution in [3.8, 4) is 5.75 Å². The summed E-state index contributed by atoms with van der Waals surface area (Å²) in [5, 5.41) is 3.43. The van der Waals surface area contributed by atoms with Crippen molar-refractivity contribution in [3.63, 3.8) is 0 Å². The molecule has 0 amide bonds. The van der Waals surface area contributed by atoms with Crippen molar-refractivity contribution in [3.05, 3.63) is 29.8 Å². The highest BCUT2D eigenvalue weighted by Gasteiger charge is 2.18. The van der Waals surface area contributed by atoms with Crippen LogP contribution in [0.4, 0.5) is 0 Å². The quantitative estimate of drug-likeness (QED) is 0.440. The first-order valence-corrected chi connectivity index (χ1v) is 8.39. The number of guanidine groups is 1. The molecular formula is C18H30IN3O. The zero-order valence-electron chi connectivity index (χ0n) is 14.5. The standard InChI is InChI=1S/C18H29N3O.HI/c1-4-19-18(21-13-10-15(2)11-14-21)20-12-9-16-7-5-6-8-17(16)22-3;/h5-8,15H,4,9-14H2,1-3H3,(H,19,20);1H. The zero-order chi connectivity index (χ0) is 15.8. The monoisotopic (exact) mass is 431 g/mol. The molecule has 1 heterocycles. The molecule has 2 rings (SSSR count). The van der Waals surface area contributed by atoms with Crippen LogP contribution in [0.5, 0.6) is 5.75 Å². The number of ether oxygens (including phenoxy) is 1. The maximum atomic E-state index is 5.40. The Labute approximate surface area is 157 Å². The maximum absolute atomic E-state index is 5.40. The van der Waals surface area contributed by atoms with Crippen LogP contribution in [0.25, 0.3) is 0 Å². The topological polar surface area (TPSA) is 36.9 Å². The van der Waals surface area contributed by atoms with E-state index in [0.717, 1.165) is 50.2 Å². The minimum atomic E-state index is 0. The molecule has 0 saturated carbocycles. The number of benzene rings is 1. The van der Waals surface area contributed by atoms with Gasteiger partial charge in [0, 0.05) is 26.2 Å². The van der Waals surface area contributed by atoms with Gasteiger partial charge in [0.1, 0.15) is 5.75 Å². The molecule has 1 aliphatic rings. The summed E-state index contributed by atoms with van der Waals surface area (Å²) in [7, 11) is 1.72. The van der Waals surface area contributed by atoms with Crippen molar-refractivity contribution < 1.29 is 4.74 Å². The SMILES string of the molecule is CCNC(=NCCc1ccccc1OC)N1CCC(C)CC1.I. The second-order valence-electron chi connectivity index (χ2n) is 5.97. The molecule has 1 aromatic carbocycles. The van der Waals surface area contributed by atoms with Crippen LogP contribution in [-0.2, 0) is 6.42 Å². The van der Waals surface area contributed by atoms with Crippen LogP contribution < -0.4 is 10.1 Å². The van der Waals surface area contributed by atoms with Gasteiger partial charge in [0.2, 0.25) is 0 Å². The lowest BCUT2D eigenvalue weighted by Crippen LogP contribution is -2.45. The molecular weight excluding hydrogens is 401 g/mol. The highest BCUT2D eigenvalue weighted by molar-refractivity contribution is 14.0. The summed E-state index contributed by atoms with van der Waals surface area (Å²) in [5.74, 6) is 2.85. The second-order valence-corrected chi connectivity index (χ2v) is 5.97. The van der Waals surface area contributed by atoms with Crippen LogP contribution in [0.2, 0.25) is 0 Å². The van der Waals surface area contributed by atoms with Crippen molar-refractivity contribution in [1.82, 2.24) is 10.2 Å². The van der Waals surface area contributed by atoms with E-state index >= 15 is 0 Å². The van der Waals surface area contributed by atoms with Crippen LogP contribution >= 0.6 is 24.0 Å². The molecule has 0 aromatic heterocycles. The Morgan fingerprint density at radius 2 is 2.00 bits per heavy atom. The Balaban J connectivity index is 0.00000264. The van der Waals surface area contributed by atoms with Gasteiger partial charge in [-0.2, -0.15) is 0 Å². The van der Waals surface area contributed by atoms with E-state index in [1.54, 1.807) is 7.11 Å². The van der Waals surface area contributed by atoms with Crippen LogP contribution in [0.15, 0.2) is 29.3 Å². The van der Waals surface area contributed by atoms with Crippen molar-refractivity contribution in [2.75, 3.05) is 33.3 Å². The summed E-state index contributed by atoms with van der Waals surface area (Å²) in [6.45, 7) is 8.39. The molecule has 0 aliphatic carbocycles. The summed E-state index contributed by atoms with van der Waals surface area (Å²) in [5.41, 5.74) is 1.22. The van der Waals surface area contributed by atoms with E-state index in [0.29, 0.717) is 0 Å². The Morgan fingerprint density at radius 3 is 2.65 bits per heavy atom. The molecule has 0 radical (unpaired) electrons. The third-order valence-electron chi connectivity index (χ3n) is 4.25. The van der Waals surface area contributed by atoms with Gasteiger partial charge in [0.15, 0.2) is 5.96 Å². The molecule has 5 heteroatoms. The number of para-hydroxylation sites is 1. The van der Waals surface area contributed by atoms with E-state index < -0.39 is 0 Å². The number of hydrogen-bond acceptors (Lipinski definition) is 2. The summed E-state index contributed by atoms with van der Waals surface area (Å²) in [4.78, 5) is 7.20. The van der Waals surface area contributed by atoms with Crippen LogP contribution in [0.1, 0.15) is 32.3 Å². The maximum Gasteiger partial charge on any atom is 0.193 e. The number of aliphatic imine (C=N–C) groups is 1. The van der Waals surface area contributed by atoms with Gasteiger partial charge < -0.3 is 15.0 Å². The Bertz CT molecular complexity index is 485. The van der Waals surface area contributed by atoms with Gasteiger partial charge in [-0.25, -0.2) is 0 Å². The molecule has 1 aliphatic heterocycles. The molecule has 0 spiro atoms. The Morgan fingerprint density at radius 1 is 1.30 bits per heavy atom. The molecule has 0 bridgehead atoms. The molecule has 1 aromatic rings. The molecule has 4 nitrogen and oxygen atoms in total. The number of rotatable bonds is 5. The summed E-state index contributed by atoms with van der Waals surface area (Å²) in [6.07, 6.45) is 3.43. The predicted octanol–water partition coefficient (Wildman–Crippen LogP) is 3.55. The van der Waals surface area contributed by atoms with Gasteiger partial charge in [-0.05, 0) is 43.7 Å². The van der Waals surface area contributed by atoms with Crippen LogP contribution in [0.3, 0.4) is 0 Å². The third kappa shape index (κ3) is 6.20. The van der Waals surface area contributed by atoms with E-state index in [1.165, 1.54) is 18.4 Å². The number of halogens is 1. The molecule has 1 saturated heterocycles. The summed E-state index contributed by atoms with van der Waals surface area (Å²) < 4.78 is 5.40. The lowest BCUT2D eigenvalue weighted by atomic mass is 10.00. The molecule has 0 atom stereocenters. The van der Waals surface area contributed by atoms with E-state index in [2.05, 4.69) is 36.2 Å². The first-order valence-electron chi connectivity index (χ1n) is 8.39. The fourth-order valence-electron chi connectivity index (χ4n) is 2.84. The first kappa shape index (κ1) is 20.1. The second kappa shape index (κ2) is 10.7. The minimum absolute atomic E-state index is 0. The van der Waals surface area contributed by atoms with Crippen LogP contribution in [0, 0.1) is 5.92 Å². The first-order chi connectivity index (χ1) is 10.7. The Kier molecular flexibility index (Phi) is 9.36. The molecule has 0 unspecified atom stereocenters. The third-order valence-corrected chi connectivity index (χ3v) is 4.25. The average molecular weight is 431 g/mol.